The summed E-state index contributed by atoms with van der Waals surface area (Å²) in [6.07, 6.45) is 6.59. The molecule has 1 aliphatic heterocycles. The Kier molecular flexibility index (Phi) is 7.07. The molecule has 28 heavy (non-hydrogen) atoms. The van der Waals surface area contributed by atoms with E-state index in [-0.39, 0.29) is 12.1 Å². The molecule has 0 bridgehead atoms. The molecule has 0 radical (unpaired) electrons. The van der Waals surface area contributed by atoms with Crippen molar-refractivity contribution in [3.05, 3.63) is 17.3 Å². The van der Waals surface area contributed by atoms with Crippen LogP contribution in [0.4, 0.5) is 10.6 Å². The van der Waals surface area contributed by atoms with E-state index < -0.39 is 5.60 Å². The van der Waals surface area contributed by atoms with Crippen molar-refractivity contribution < 1.29 is 9.53 Å². The van der Waals surface area contributed by atoms with Crippen LogP contribution < -0.4 is 0 Å². The van der Waals surface area contributed by atoms with Crippen LogP contribution in [-0.4, -0.2) is 46.2 Å². The molecule has 1 N–H and O–H groups in total. The topological polar surface area (TPSA) is 70.7 Å². The van der Waals surface area contributed by atoms with Crippen molar-refractivity contribution in [2.75, 3.05) is 13.1 Å². The molecule has 1 aliphatic rings. The second-order valence-electron chi connectivity index (χ2n) is 8.77. The number of likely N-dealkylation sites (tertiary alicyclic amines) is 1. The number of aryl methyl sites for hydroxylation is 1. The van der Waals surface area contributed by atoms with Gasteiger partial charge in [0.2, 0.25) is 0 Å². The highest BCUT2D eigenvalue weighted by molar-refractivity contribution is 6.02. The van der Waals surface area contributed by atoms with E-state index in [2.05, 4.69) is 31.5 Å². The van der Waals surface area contributed by atoms with E-state index in [0.717, 1.165) is 36.2 Å². The first-order chi connectivity index (χ1) is 13.1. The lowest BCUT2D eigenvalue weighted by Gasteiger charge is -2.24. The molecule has 1 aromatic rings. The lowest BCUT2D eigenvalue weighted by atomic mass is 10.1. The van der Waals surface area contributed by atoms with Crippen molar-refractivity contribution in [3.8, 4) is 0 Å². The normalized spacial score (nSPS) is 18.7. The summed E-state index contributed by atoms with van der Waals surface area (Å²) in [6, 6.07) is 0.148. The number of carbonyl (C=O) groups excluding carboxylic acids is 1. The van der Waals surface area contributed by atoms with Crippen molar-refractivity contribution in [2.45, 2.75) is 79.4 Å². The van der Waals surface area contributed by atoms with Crippen LogP contribution in [0, 0.1) is 11.3 Å². The van der Waals surface area contributed by atoms with Gasteiger partial charge >= 0.3 is 6.09 Å². The van der Waals surface area contributed by atoms with Crippen LogP contribution in [0.5, 0.6) is 0 Å². The third-order valence-corrected chi connectivity index (χ3v) is 5.14. The van der Waals surface area contributed by atoms with Gasteiger partial charge in [0.15, 0.2) is 0 Å². The number of rotatable bonds is 6. The molecule has 2 atom stereocenters. The third-order valence-electron chi connectivity index (χ3n) is 5.14. The van der Waals surface area contributed by atoms with Crippen molar-refractivity contribution >= 4 is 23.8 Å². The fraction of sp³-hybridized carbons (Fsp3) is 0.682. The van der Waals surface area contributed by atoms with Crippen LogP contribution >= 0.6 is 0 Å². The second-order valence-corrected chi connectivity index (χ2v) is 8.77. The van der Waals surface area contributed by atoms with Crippen LogP contribution in [-0.2, 0) is 11.2 Å². The SMILES string of the molecule is CCc1cn(C2CCN(C(=O)OC(C)(C)C)C2)c(N=CC(C)CC)c1C(C)=N. The Hall–Kier alpha value is -2.11. The van der Waals surface area contributed by atoms with Gasteiger partial charge in [-0.15, -0.1) is 0 Å². The number of hydrogen-bond donors (Lipinski definition) is 1. The van der Waals surface area contributed by atoms with Gasteiger partial charge < -0.3 is 19.6 Å². The lowest BCUT2D eigenvalue weighted by molar-refractivity contribution is 0.0289. The first-order valence-electron chi connectivity index (χ1n) is 10.4. The first-order valence-corrected chi connectivity index (χ1v) is 10.4. The highest BCUT2D eigenvalue weighted by Gasteiger charge is 2.32. The summed E-state index contributed by atoms with van der Waals surface area (Å²) in [5.74, 6) is 1.23. The fourth-order valence-corrected chi connectivity index (χ4v) is 3.42. The molecule has 1 amide bonds. The van der Waals surface area contributed by atoms with E-state index in [1.54, 1.807) is 4.90 Å². The molecule has 1 saturated heterocycles. The van der Waals surface area contributed by atoms with E-state index in [1.807, 2.05) is 33.9 Å². The van der Waals surface area contributed by atoms with Gasteiger partial charge in [0.05, 0.1) is 6.04 Å². The smallest absolute Gasteiger partial charge is 0.410 e. The Bertz CT molecular complexity index is 742. The van der Waals surface area contributed by atoms with E-state index in [1.165, 1.54) is 0 Å². The largest absolute Gasteiger partial charge is 0.444 e. The van der Waals surface area contributed by atoms with Gasteiger partial charge in [0, 0.05) is 36.8 Å². The molecule has 1 fully saturated rings. The number of nitrogens with zero attached hydrogens (tertiary/aromatic N) is 3. The summed E-state index contributed by atoms with van der Waals surface area (Å²) in [6.45, 7) is 15.2. The first kappa shape index (κ1) is 22.2. The van der Waals surface area contributed by atoms with E-state index in [9.17, 15) is 4.79 Å². The Morgan fingerprint density at radius 2 is 2.11 bits per heavy atom. The van der Waals surface area contributed by atoms with E-state index in [4.69, 9.17) is 15.1 Å². The predicted molar refractivity (Wildman–Crippen MR) is 115 cm³/mol. The lowest BCUT2D eigenvalue weighted by Crippen LogP contribution is -2.35. The molecule has 0 saturated carbocycles. The molecular formula is C22H36N4O2. The zero-order valence-corrected chi connectivity index (χ0v) is 18.5. The molecule has 1 aromatic heterocycles. The molecule has 2 unspecified atom stereocenters. The van der Waals surface area contributed by atoms with Gasteiger partial charge in [0.25, 0.3) is 0 Å². The summed E-state index contributed by atoms with van der Waals surface area (Å²) in [5, 5.41) is 8.27. The maximum absolute atomic E-state index is 12.4. The maximum Gasteiger partial charge on any atom is 0.410 e. The van der Waals surface area contributed by atoms with Gasteiger partial charge in [-0.3, -0.25) is 0 Å². The monoisotopic (exact) mass is 388 g/mol. The molecule has 0 aromatic carbocycles. The number of ether oxygens (including phenoxy) is 1. The molecule has 2 rings (SSSR count). The van der Waals surface area contributed by atoms with Gasteiger partial charge in [-0.05, 0) is 58.4 Å². The Balaban J connectivity index is 2.33. The summed E-state index contributed by atoms with van der Waals surface area (Å²) in [7, 11) is 0. The molecule has 0 spiro atoms. The van der Waals surface area contributed by atoms with Crippen molar-refractivity contribution in [1.82, 2.24) is 9.47 Å². The zero-order chi connectivity index (χ0) is 21.1. The van der Waals surface area contributed by atoms with Gasteiger partial charge in [-0.25, -0.2) is 9.79 Å². The minimum absolute atomic E-state index is 0.148. The molecular weight excluding hydrogens is 352 g/mol. The minimum atomic E-state index is -0.492. The van der Waals surface area contributed by atoms with Crippen LogP contribution in [0.3, 0.4) is 0 Å². The quantitative estimate of drug-likeness (QED) is 0.666. The average Bonchev–Trinajstić information content (AvgIpc) is 3.22. The van der Waals surface area contributed by atoms with Crippen LogP contribution in [0.15, 0.2) is 11.2 Å². The Morgan fingerprint density at radius 1 is 1.43 bits per heavy atom. The van der Waals surface area contributed by atoms with Crippen molar-refractivity contribution in [1.29, 1.82) is 5.41 Å². The second kappa shape index (κ2) is 8.93. The van der Waals surface area contributed by atoms with Crippen LogP contribution in [0.1, 0.15) is 78.5 Å². The summed E-state index contributed by atoms with van der Waals surface area (Å²) in [5.41, 5.74) is 2.11. The summed E-state index contributed by atoms with van der Waals surface area (Å²) >= 11 is 0. The number of hydrogen-bond acceptors (Lipinski definition) is 4. The summed E-state index contributed by atoms with van der Waals surface area (Å²) in [4.78, 5) is 19.0. The van der Waals surface area contributed by atoms with E-state index >= 15 is 0 Å². The number of aliphatic imine (C=N–C) groups is 1. The Morgan fingerprint density at radius 3 is 2.64 bits per heavy atom. The molecule has 2 heterocycles. The van der Waals surface area contributed by atoms with Gasteiger partial charge in [-0.1, -0.05) is 20.8 Å². The highest BCUT2D eigenvalue weighted by atomic mass is 16.6. The van der Waals surface area contributed by atoms with Crippen molar-refractivity contribution in [2.24, 2.45) is 10.9 Å². The van der Waals surface area contributed by atoms with Gasteiger partial charge in [-0.2, -0.15) is 0 Å². The predicted octanol–water partition coefficient (Wildman–Crippen LogP) is 5.37. The van der Waals surface area contributed by atoms with Crippen LogP contribution in [0.25, 0.3) is 0 Å². The van der Waals surface area contributed by atoms with E-state index in [0.29, 0.717) is 24.7 Å². The summed E-state index contributed by atoms with van der Waals surface area (Å²) < 4.78 is 7.71. The maximum atomic E-state index is 12.4. The van der Waals surface area contributed by atoms with Crippen molar-refractivity contribution in [3.63, 3.8) is 0 Å². The standard InChI is InChI=1S/C22H36N4O2/c1-8-15(3)12-24-20-19(16(4)23)17(9-2)13-26(20)18-10-11-25(14-18)21(27)28-22(5,6)7/h12-13,15,18,23H,8-11,14H2,1-7H3. The average molecular weight is 389 g/mol. The number of amides is 1. The Labute approximate surface area is 169 Å². The number of nitrogens with one attached hydrogen (secondary N) is 1. The number of aromatic nitrogens is 1. The minimum Gasteiger partial charge on any atom is -0.444 e. The zero-order valence-electron chi connectivity index (χ0n) is 18.5. The highest BCUT2D eigenvalue weighted by Crippen LogP contribution is 2.34. The molecule has 6 heteroatoms. The third kappa shape index (κ3) is 5.24. The van der Waals surface area contributed by atoms with Gasteiger partial charge in [0.1, 0.15) is 11.4 Å². The fourth-order valence-electron chi connectivity index (χ4n) is 3.42. The number of carbonyl (C=O) groups is 1. The molecule has 6 nitrogen and oxygen atoms in total. The van der Waals surface area contributed by atoms with Crippen LogP contribution in [0.2, 0.25) is 0 Å². The molecule has 0 aliphatic carbocycles. The molecule has 156 valence electrons.